The number of carbonyl (C=O) groups is 1. The molecule has 3 aromatic carbocycles. The lowest BCUT2D eigenvalue weighted by atomic mass is 10.1. The van der Waals surface area contributed by atoms with Crippen LogP contribution in [0.5, 0.6) is 5.75 Å². The molecule has 10 heteroatoms. The van der Waals surface area contributed by atoms with Gasteiger partial charge in [0.25, 0.3) is 0 Å². The summed E-state index contributed by atoms with van der Waals surface area (Å²) < 4.78 is 34.3. The van der Waals surface area contributed by atoms with E-state index < -0.39 is 15.9 Å². The minimum atomic E-state index is -3.89. The Labute approximate surface area is 221 Å². The monoisotopic (exact) mass is 538 g/mol. The third kappa shape index (κ3) is 6.02. The zero-order valence-electron chi connectivity index (χ0n) is 20.7. The third-order valence-electron chi connectivity index (χ3n) is 5.78. The van der Waals surface area contributed by atoms with Gasteiger partial charge in [0.2, 0.25) is 21.9 Å². The fourth-order valence-corrected chi connectivity index (χ4v) is 5.25. The molecule has 4 aromatic rings. The highest BCUT2D eigenvalue weighted by molar-refractivity contribution is 7.89. The van der Waals surface area contributed by atoms with E-state index >= 15 is 0 Å². The van der Waals surface area contributed by atoms with Crippen molar-refractivity contribution in [3.63, 3.8) is 0 Å². The molecule has 8 nitrogen and oxygen atoms in total. The van der Waals surface area contributed by atoms with E-state index in [0.29, 0.717) is 10.7 Å². The van der Waals surface area contributed by atoms with Gasteiger partial charge in [-0.3, -0.25) is 14.7 Å². The standard InChI is InChI=1S/C27H27ClN4O4S/c1-4-31(37(34,35)24-15-9-21(28)10-16-24)18-26(33)30-27-29-25(20-7-13-23(36-3)14-8-20)17-32(27)22-11-5-19(2)6-12-22/h5-17H,4,18H2,1-3H3,(H,29,30,33). The van der Waals surface area contributed by atoms with Gasteiger partial charge >= 0.3 is 0 Å². The second-order valence-corrected chi connectivity index (χ2v) is 10.7. The summed E-state index contributed by atoms with van der Waals surface area (Å²) in [5, 5.41) is 3.22. The Morgan fingerprint density at radius 1 is 1.03 bits per heavy atom. The maximum atomic E-state index is 13.1. The Morgan fingerprint density at radius 2 is 1.68 bits per heavy atom. The molecule has 1 heterocycles. The van der Waals surface area contributed by atoms with Gasteiger partial charge in [-0.2, -0.15) is 4.31 Å². The average molecular weight is 539 g/mol. The molecule has 4 rings (SSSR count). The average Bonchev–Trinajstić information content (AvgIpc) is 3.31. The number of hydrogen-bond donors (Lipinski definition) is 1. The second-order valence-electron chi connectivity index (χ2n) is 8.32. The minimum absolute atomic E-state index is 0.0643. The second kappa shape index (κ2) is 11.2. The van der Waals surface area contributed by atoms with Gasteiger partial charge in [0, 0.05) is 29.0 Å². The molecule has 1 amide bonds. The Balaban J connectivity index is 1.62. The minimum Gasteiger partial charge on any atom is -0.497 e. The van der Waals surface area contributed by atoms with Gasteiger partial charge < -0.3 is 4.74 Å². The number of aryl methyl sites for hydroxylation is 1. The first-order chi connectivity index (χ1) is 17.7. The highest BCUT2D eigenvalue weighted by atomic mass is 35.5. The predicted molar refractivity (Wildman–Crippen MR) is 145 cm³/mol. The number of rotatable bonds is 9. The van der Waals surface area contributed by atoms with Crippen LogP contribution in [0.25, 0.3) is 16.9 Å². The van der Waals surface area contributed by atoms with Crippen LogP contribution in [-0.2, 0) is 14.8 Å². The molecule has 0 radical (unpaired) electrons. The molecule has 1 N–H and O–H groups in total. The van der Waals surface area contributed by atoms with E-state index in [1.54, 1.807) is 18.6 Å². The van der Waals surface area contributed by atoms with E-state index in [4.69, 9.17) is 16.3 Å². The summed E-state index contributed by atoms with van der Waals surface area (Å²) in [6.07, 6.45) is 1.82. The van der Waals surface area contributed by atoms with E-state index in [-0.39, 0.29) is 23.9 Å². The van der Waals surface area contributed by atoms with Crippen LogP contribution in [0, 0.1) is 6.92 Å². The number of ether oxygens (including phenoxy) is 1. The zero-order chi connectivity index (χ0) is 26.6. The summed E-state index contributed by atoms with van der Waals surface area (Å²) in [5.74, 6) is 0.482. The Kier molecular flexibility index (Phi) is 7.97. The normalized spacial score (nSPS) is 11.5. The van der Waals surface area contributed by atoms with E-state index in [1.165, 1.54) is 24.3 Å². The first kappa shape index (κ1) is 26.4. The summed E-state index contributed by atoms with van der Waals surface area (Å²) in [7, 11) is -2.29. The molecule has 0 unspecified atom stereocenters. The van der Waals surface area contributed by atoms with E-state index in [9.17, 15) is 13.2 Å². The Hall–Kier alpha value is -3.66. The predicted octanol–water partition coefficient (Wildman–Crippen LogP) is 5.16. The van der Waals surface area contributed by atoms with Crippen LogP contribution in [-0.4, -0.2) is 48.4 Å². The summed E-state index contributed by atoms with van der Waals surface area (Å²) in [4.78, 5) is 17.8. The van der Waals surface area contributed by atoms with Gasteiger partial charge in [-0.25, -0.2) is 13.4 Å². The smallest absolute Gasteiger partial charge is 0.243 e. The molecule has 0 spiro atoms. The number of halogens is 1. The molecule has 0 bridgehead atoms. The van der Waals surface area contributed by atoms with Crippen LogP contribution in [0.15, 0.2) is 83.9 Å². The quantitative estimate of drug-likeness (QED) is 0.318. The van der Waals surface area contributed by atoms with Gasteiger partial charge in [0.15, 0.2) is 0 Å². The molecular weight excluding hydrogens is 512 g/mol. The molecule has 0 aliphatic heterocycles. The van der Waals surface area contributed by atoms with Crippen molar-refractivity contribution in [2.45, 2.75) is 18.7 Å². The molecule has 0 saturated heterocycles. The van der Waals surface area contributed by atoms with Crippen molar-refractivity contribution in [2.24, 2.45) is 0 Å². The number of hydrogen-bond acceptors (Lipinski definition) is 5. The van der Waals surface area contributed by atoms with Gasteiger partial charge in [0.05, 0.1) is 24.2 Å². The van der Waals surface area contributed by atoms with Crippen LogP contribution in [0.4, 0.5) is 5.95 Å². The number of carbonyl (C=O) groups excluding carboxylic acids is 1. The lowest BCUT2D eigenvalue weighted by Gasteiger charge is -2.20. The topological polar surface area (TPSA) is 93.5 Å². The van der Waals surface area contributed by atoms with Crippen LogP contribution >= 0.6 is 11.6 Å². The van der Waals surface area contributed by atoms with E-state index in [2.05, 4.69) is 10.3 Å². The van der Waals surface area contributed by atoms with Gasteiger partial charge in [-0.05, 0) is 67.6 Å². The van der Waals surface area contributed by atoms with Crippen molar-refractivity contribution in [3.05, 3.63) is 89.6 Å². The largest absolute Gasteiger partial charge is 0.497 e. The number of nitrogens with zero attached hydrogens (tertiary/aromatic N) is 3. The fourth-order valence-electron chi connectivity index (χ4n) is 3.72. The van der Waals surface area contributed by atoms with Crippen molar-refractivity contribution in [3.8, 4) is 22.7 Å². The summed E-state index contributed by atoms with van der Waals surface area (Å²) in [6.45, 7) is 3.40. The number of likely N-dealkylation sites (N-methyl/N-ethyl adjacent to an activating group) is 1. The van der Waals surface area contributed by atoms with Crippen LogP contribution in [0.3, 0.4) is 0 Å². The molecule has 0 fully saturated rings. The summed E-state index contributed by atoms with van der Waals surface area (Å²) >= 11 is 5.90. The van der Waals surface area contributed by atoms with Crippen molar-refractivity contribution >= 4 is 33.5 Å². The molecule has 0 saturated carbocycles. The lowest BCUT2D eigenvalue weighted by Crippen LogP contribution is -2.38. The molecule has 192 valence electrons. The maximum Gasteiger partial charge on any atom is 0.243 e. The number of aromatic nitrogens is 2. The van der Waals surface area contributed by atoms with Crippen molar-refractivity contribution in [1.29, 1.82) is 0 Å². The van der Waals surface area contributed by atoms with Crippen molar-refractivity contribution < 1.29 is 17.9 Å². The molecule has 0 aliphatic rings. The van der Waals surface area contributed by atoms with E-state index in [0.717, 1.165) is 26.9 Å². The number of nitrogens with one attached hydrogen (secondary N) is 1. The van der Waals surface area contributed by atoms with Crippen molar-refractivity contribution in [1.82, 2.24) is 13.9 Å². The fraction of sp³-hybridized carbons (Fsp3) is 0.185. The Morgan fingerprint density at radius 3 is 2.27 bits per heavy atom. The zero-order valence-corrected chi connectivity index (χ0v) is 22.3. The highest BCUT2D eigenvalue weighted by Crippen LogP contribution is 2.26. The van der Waals surface area contributed by atoms with Crippen LogP contribution in [0.1, 0.15) is 12.5 Å². The van der Waals surface area contributed by atoms with Gasteiger partial charge in [-0.1, -0.05) is 36.2 Å². The molecule has 1 aromatic heterocycles. The van der Waals surface area contributed by atoms with Gasteiger partial charge in [-0.15, -0.1) is 0 Å². The van der Waals surface area contributed by atoms with Crippen LogP contribution in [0.2, 0.25) is 5.02 Å². The number of amides is 1. The summed E-state index contributed by atoms with van der Waals surface area (Å²) in [6, 6.07) is 21.0. The highest BCUT2D eigenvalue weighted by Gasteiger charge is 2.26. The Bertz CT molecular complexity index is 1480. The molecule has 0 aliphatic carbocycles. The number of methoxy groups -OCH3 is 1. The van der Waals surface area contributed by atoms with Crippen molar-refractivity contribution in [2.75, 3.05) is 25.5 Å². The lowest BCUT2D eigenvalue weighted by molar-refractivity contribution is -0.116. The third-order valence-corrected chi connectivity index (χ3v) is 7.97. The SMILES string of the molecule is CCN(CC(=O)Nc1nc(-c2ccc(OC)cc2)cn1-c1ccc(C)cc1)S(=O)(=O)c1ccc(Cl)cc1. The molecular formula is C27H27ClN4O4S. The first-order valence-electron chi connectivity index (χ1n) is 11.6. The number of benzene rings is 3. The first-order valence-corrected chi connectivity index (χ1v) is 13.4. The van der Waals surface area contributed by atoms with E-state index in [1.807, 2.05) is 61.7 Å². The van der Waals surface area contributed by atoms with Crippen LogP contribution < -0.4 is 10.1 Å². The number of anilines is 1. The molecule has 0 atom stereocenters. The van der Waals surface area contributed by atoms with Gasteiger partial charge in [0.1, 0.15) is 5.75 Å². The number of imidazole rings is 1. The number of sulfonamides is 1. The summed E-state index contributed by atoms with van der Waals surface area (Å²) in [5.41, 5.74) is 3.37. The maximum absolute atomic E-state index is 13.1. The molecule has 37 heavy (non-hydrogen) atoms.